The zero-order chi connectivity index (χ0) is 14.5. The van der Waals surface area contributed by atoms with Gasteiger partial charge in [0.1, 0.15) is 4.99 Å². The van der Waals surface area contributed by atoms with E-state index in [9.17, 15) is 4.79 Å². The van der Waals surface area contributed by atoms with Crippen LogP contribution in [0, 0.1) is 0 Å². The molecule has 3 N–H and O–H groups in total. The van der Waals surface area contributed by atoms with Crippen molar-refractivity contribution < 1.29 is 4.79 Å². The summed E-state index contributed by atoms with van der Waals surface area (Å²) in [7, 11) is 0. The van der Waals surface area contributed by atoms with Crippen LogP contribution in [0.4, 0.5) is 5.69 Å². The van der Waals surface area contributed by atoms with E-state index in [4.69, 9.17) is 29.6 Å². The molecule has 0 atom stereocenters. The number of carbonyl (C=O) groups is 1. The summed E-state index contributed by atoms with van der Waals surface area (Å²) in [5.74, 6) is -0.143. The lowest BCUT2D eigenvalue weighted by Crippen LogP contribution is -2.18. The Morgan fingerprint density at radius 1 is 1.20 bits per heavy atom. The van der Waals surface area contributed by atoms with Crippen LogP contribution in [0.5, 0.6) is 0 Å². The minimum Gasteiger partial charge on any atom is -0.389 e. The summed E-state index contributed by atoms with van der Waals surface area (Å²) < 4.78 is 0. The zero-order valence-corrected chi connectivity index (χ0v) is 12.2. The molecule has 2 aromatic rings. The molecule has 3 nitrogen and oxygen atoms in total. The number of nitrogens with one attached hydrogen (secondary N) is 1. The predicted molar refractivity (Wildman–Crippen MR) is 86.1 cm³/mol. The molecule has 0 unspecified atom stereocenters. The van der Waals surface area contributed by atoms with Crippen molar-refractivity contribution in [2.45, 2.75) is 6.42 Å². The lowest BCUT2D eigenvalue weighted by molar-refractivity contribution is -0.115. The fourth-order valence-electron chi connectivity index (χ4n) is 1.83. The molecule has 0 spiro atoms. The van der Waals surface area contributed by atoms with E-state index < -0.39 is 0 Å². The quantitative estimate of drug-likeness (QED) is 0.853. The van der Waals surface area contributed by atoms with Crippen molar-refractivity contribution in [1.29, 1.82) is 0 Å². The molecule has 0 aliphatic carbocycles. The zero-order valence-electron chi connectivity index (χ0n) is 10.6. The highest BCUT2D eigenvalue weighted by molar-refractivity contribution is 7.80. The predicted octanol–water partition coefficient (Wildman–Crippen LogP) is 3.16. The van der Waals surface area contributed by atoms with Gasteiger partial charge in [0.15, 0.2) is 0 Å². The first-order valence-electron chi connectivity index (χ1n) is 5.99. The number of anilines is 1. The molecule has 0 aliphatic heterocycles. The monoisotopic (exact) mass is 304 g/mol. The summed E-state index contributed by atoms with van der Waals surface area (Å²) in [6.45, 7) is 0. The van der Waals surface area contributed by atoms with Gasteiger partial charge in [0, 0.05) is 10.6 Å². The molecule has 2 rings (SSSR count). The molecule has 102 valence electrons. The van der Waals surface area contributed by atoms with Gasteiger partial charge < -0.3 is 11.1 Å². The molecule has 0 heterocycles. The number of nitrogens with two attached hydrogens (primary N) is 1. The fourth-order valence-corrected chi connectivity index (χ4v) is 2.22. The van der Waals surface area contributed by atoms with Crippen LogP contribution in [0.25, 0.3) is 0 Å². The summed E-state index contributed by atoms with van der Waals surface area (Å²) in [6, 6.07) is 14.4. The highest BCUT2D eigenvalue weighted by Crippen LogP contribution is 2.16. The van der Waals surface area contributed by atoms with Gasteiger partial charge >= 0.3 is 0 Å². The number of para-hydroxylation sites is 1. The number of rotatable bonds is 4. The Morgan fingerprint density at radius 2 is 1.95 bits per heavy atom. The van der Waals surface area contributed by atoms with E-state index in [1.54, 1.807) is 24.3 Å². The van der Waals surface area contributed by atoms with Crippen molar-refractivity contribution in [3.05, 3.63) is 64.7 Å². The van der Waals surface area contributed by atoms with Gasteiger partial charge in [0.05, 0.1) is 12.1 Å². The van der Waals surface area contributed by atoms with Gasteiger partial charge in [-0.1, -0.05) is 48.1 Å². The molecule has 2 aromatic carbocycles. The number of thiocarbonyl (C=S) groups is 1. The summed E-state index contributed by atoms with van der Waals surface area (Å²) >= 11 is 10.8. The maximum Gasteiger partial charge on any atom is 0.228 e. The molecule has 1 amide bonds. The number of carbonyl (C=O) groups excluding carboxylic acids is 1. The van der Waals surface area contributed by atoms with Gasteiger partial charge in [-0.2, -0.15) is 0 Å². The van der Waals surface area contributed by atoms with Gasteiger partial charge in [-0.05, 0) is 29.8 Å². The molecular weight excluding hydrogens is 292 g/mol. The van der Waals surface area contributed by atoms with E-state index in [-0.39, 0.29) is 17.3 Å². The second kappa shape index (κ2) is 6.50. The van der Waals surface area contributed by atoms with Gasteiger partial charge in [0.25, 0.3) is 0 Å². The molecule has 0 aliphatic rings. The molecule has 0 saturated carbocycles. The first kappa shape index (κ1) is 14.5. The average Bonchev–Trinajstić information content (AvgIpc) is 2.38. The van der Waals surface area contributed by atoms with E-state index in [1.165, 1.54) is 0 Å². The van der Waals surface area contributed by atoms with Gasteiger partial charge in [-0.15, -0.1) is 0 Å². The average molecular weight is 305 g/mol. The number of hydrogen-bond acceptors (Lipinski definition) is 2. The van der Waals surface area contributed by atoms with E-state index in [0.717, 1.165) is 5.56 Å². The van der Waals surface area contributed by atoms with E-state index in [1.807, 2.05) is 24.3 Å². The minimum absolute atomic E-state index is 0.143. The van der Waals surface area contributed by atoms with Gasteiger partial charge in [-0.25, -0.2) is 0 Å². The summed E-state index contributed by atoms with van der Waals surface area (Å²) in [5, 5.41) is 3.42. The van der Waals surface area contributed by atoms with Crippen molar-refractivity contribution in [3.63, 3.8) is 0 Å². The van der Waals surface area contributed by atoms with Crippen LogP contribution in [0.15, 0.2) is 48.5 Å². The van der Waals surface area contributed by atoms with Crippen LogP contribution in [-0.4, -0.2) is 10.9 Å². The van der Waals surface area contributed by atoms with Crippen LogP contribution in [-0.2, 0) is 11.2 Å². The van der Waals surface area contributed by atoms with E-state index in [2.05, 4.69) is 5.32 Å². The van der Waals surface area contributed by atoms with Crippen molar-refractivity contribution in [1.82, 2.24) is 0 Å². The van der Waals surface area contributed by atoms with Crippen molar-refractivity contribution >= 4 is 40.4 Å². The lowest BCUT2D eigenvalue weighted by Gasteiger charge is -2.10. The molecule has 0 fully saturated rings. The minimum atomic E-state index is -0.143. The standard InChI is InChI=1S/C15H13ClN2OS/c16-11-5-3-4-10(8-11)9-14(19)18-13-7-2-1-6-12(13)15(17)20/h1-8H,9H2,(H2,17,20)(H,18,19). The first-order chi connectivity index (χ1) is 9.56. The summed E-state index contributed by atoms with van der Waals surface area (Å²) in [6.07, 6.45) is 0.242. The van der Waals surface area contributed by atoms with Crippen molar-refractivity contribution in [2.75, 3.05) is 5.32 Å². The summed E-state index contributed by atoms with van der Waals surface area (Å²) in [4.78, 5) is 12.3. The number of benzene rings is 2. The lowest BCUT2D eigenvalue weighted by atomic mass is 10.1. The Kier molecular flexibility index (Phi) is 4.71. The van der Waals surface area contributed by atoms with Crippen LogP contribution >= 0.6 is 23.8 Å². The maximum absolute atomic E-state index is 12.0. The Hall–Kier alpha value is -1.91. The van der Waals surface area contributed by atoms with Crippen molar-refractivity contribution in [3.8, 4) is 0 Å². The van der Waals surface area contributed by atoms with Crippen molar-refractivity contribution in [2.24, 2.45) is 5.73 Å². The molecule has 0 saturated heterocycles. The Balaban J connectivity index is 2.11. The van der Waals surface area contributed by atoms with E-state index in [0.29, 0.717) is 16.3 Å². The molecule has 5 heteroatoms. The molecule has 0 aromatic heterocycles. The third-order valence-corrected chi connectivity index (χ3v) is 3.18. The topological polar surface area (TPSA) is 55.1 Å². The smallest absolute Gasteiger partial charge is 0.228 e. The normalized spacial score (nSPS) is 10.1. The van der Waals surface area contributed by atoms with Gasteiger partial charge in [0.2, 0.25) is 5.91 Å². The van der Waals surface area contributed by atoms with Crippen LogP contribution in [0.3, 0.4) is 0 Å². The second-order valence-corrected chi connectivity index (χ2v) is 5.14. The molecule has 20 heavy (non-hydrogen) atoms. The third-order valence-electron chi connectivity index (χ3n) is 2.72. The SMILES string of the molecule is NC(=S)c1ccccc1NC(=O)Cc1cccc(Cl)c1. The summed E-state index contributed by atoms with van der Waals surface area (Å²) in [5.41, 5.74) is 7.75. The Labute approximate surface area is 127 Å². The van der Waals surface area contributed by atoms with Gasteiger partial charge in [-0.3, -0.25) is 4.79 Å². The highest BCUT2D eigenvalue weighted by Gasteiger charge is 2.09. The molecular formula is C15H13ClN2OS. The van der Waals surface area contributed by atoms with Crippen LogP contribution in [0.2, 0.25) is 5.02 Å². The Bertz CT molecular complexity index is 658. The maximum atomic E-state index is 12.0. The van der Waals surface area contributed by atoms with Crippen LogP contribution < -0.4 is 11.1 Å². The Morgan fingerprint density at radius 3 is 2.65 bits per heavy atom. The number of hydrogen-bond donors (Lipinski definition) is 2. The van der Waals surface area contributed by atoms with E-state index >= 15 is 0 Å². The second-order valence-electron chi connectivity index (χ2n) is 4.26. The van der Waals surface area contributed by atoms with Crippen LogP contribution in [0.1, 0.15) is 11.1 Å². The number of halogens is 1. The first-order valence-corrected chi connectivity index (χ1v) is 6.78. The number of amides is 1. The largest absolute Gasteiger partial charge is 0.389 e. The highest BCUT2D eigenvalue weighted by atomic mass is 35.5. The molecule has 0 radical (unpaired) electrons. The molecule has 0 bridgehead atoms. The third kappa shape index (κ3) is 3.79. The fraction of sp³-hybridized carbons (Fsp3) is 0.0667.